The summed E-state index contributed by atoms with van der Waals surface area (Å²) >= 11 is 0. The monoisotopic (exact) mass is 61.0 g/mol. The van der Waals surface area contributed by atoms with Crippen LogP contribution in [0.4, 0.5) is 9.18 Å². The van der Waals surface area contributed by atoms with Crippen LogP contribution < -0.4 is 5.73 Å². The minimum Gasteiger partial charge on any atom is -0.230 e. The second-order valence-electron chi connectivity index (χ2n) is 0.253. The van der Waals surface area contributed by atoms with Crippen molar-refractivity contribution in [1.82, 2.24) is 5.73 Å². The third kappa shape index (κ3) is 0.622. The average Bonchev–Trinajstić information content (AvgIpc) is 0.811. The van der Waals surface area contributed by atoms with E-state index in [0.717, 1.165) is 0 Å². The zero-order chi connectivity index (χ0) is 3.58. The Bertz CT molecular complexity index is 31.0. The van der Waals surface area contributed by atoms with Crippen LogP contribution in [0.25, 0.3) is 0 Å². The lowest BCUT2D eigenvalue weighted by Crippen LogP contribution is -1.75. The van der Waals surface area contributed by atoms with Crippen LogP contribution in [0, 0.1) is 0 Å². The van der Waals surface area contributed by atoms with Gasteiger partial charge in [0.05, 0.1) is 0 Å². The molecule has 1 amide bonds. The Morgan fingerprint density at radius 2 is 2.00 bits per heavy atom. The lowest BCUT2D eigenvalue weighted by molar-refractivity contribution is 0.229. The molecule has 0 aromatic rings. The largest absolute Gasteiger partial charge is 0.442 e. The first-order chi connectivity index (χ1) is 1.73. The summed E-state index contributed by atoms with van der Waals surface area (Å²) in [4.78, 5) is 8.33. The molecule has 0 aromatic heterocycles. The summed E-state index contributed by atoms with van der Waals surface area (Å²) in [6, 6.07) is 0. The van der Waals surface area contributed by atoms with Crippen molar-refractivity contribution < 1.29 is 9.18 Å². The molecule has 2 radical (unpaired) electrons. The molecule has 0 rings (SSSR count). The topological polar surface area (TPSA) is 39.4 Å². The number of hydrogen-bond donors (Lipinski definition) is 0. The van der Waals surface area contributed by atoms with Gasteiger partial charge in [-0.15, -0.1) is 4.39 Å². The summed E-state index contributed by atoms with van der Waals surface area (Å²) < 4.78 is 9.92. The van der Waals surface area contributed by atoms with Crippen LogP contribution in [-0.4, -0.2) is 6.16 Å². The van der Waals surface area contributed by atoms with Gasteiger partial charge in [0, 0.05) is 0 Å². The van der Waals surface area contributed by atoms with Gasteiger partial charge in [-0.1, -0.05) is 5.73 Å². The molecule has 0 aliphatic carbocycles. The lowest BCUT2D eigenvalue weighted by Gasteiger charge is -1.45. The van der Waals surface area contributed by atoms with E-state index in [1.54, 1.807) is 0 Å². The molecular weight excluding hydrogens is 61.0 g/mol. The maximum Gasteiger partial charge on any atom is 0.442 e. The summed E-state index contributed by atoms with van der Waals surface area (Å²) in [6.07, 6.45) is -2.33. The number of rotatable bonds is 0. The number of carbonyl (C=O) groups excluding carboxylic acids is 1. The van der Waals surface area contributed by atoms with Crippen molar-refractivity contribution in [3.8, 4) is 0 Å². The smallest absolute Gasteiger partial charge is 0.230 e. The van der Waals surface area contributed by atoms with Crippen molar-refractivity contribution in [2.45, 2.75) is 0 Å². The van der Waals surface area contributed by atoms with Crippen molar-refractivity contribution >= 4 is 6.16 Å². The van der Waals surface area contributed by atoms with Gasteiger partial charge in [-0.3, -0.25) is 0 Å². The van der Waals surface area contributed by atoms with Crippen LogP contribution in [0.15, 0.2) is 0 Å². The maximum atomic E-state index is 9.92. The summed E-state index contributed by atoms with van der Waals surface area (Å²) in [7, 11) is 0. The Morgan fingerprint density at radius 1 is 2.00 bits per heavy atom. The number of amides is 1. The van der Waals surface area contributed by atoms with Gasteiger partial charge in [-0.2, -0.15) is 0 Å². The highest BCUT2D eigenvalue weighted by Crippen LogP contribution is 1.56. The normalized spacial score (nSPS) is 6.25. The molecule has 0 N–H and O–H groups in total. The second kappa shape index (κ2) is 0.817. The highest BCUT2D eigenvalue weighted by Gasteiger charge is 1.76. The summed E-state index contributed by atoms with van der Waals surface area (Å²) in [5.41, 5.74) is 6.75. The van der Waals surface area contributed by atoms with Gasteiger partial charge in [0.25, 0.3) is 0 Å². The van der Waals surface area contributed by atoms with Gasteiger partial charge in [0.1, 0.15) is 0 Å². The molecule has 4 heavy (non-hydrogen) atoms. The summed E-state index contributed by atoms with van der Waals surface area (Å²) in [6.45, 7) is 0. The quantitative estimate of drug-likeness (QED) is 0.290. The first-order valence-corrected chi connectivity index (χ1v) is 0.617. The first kappa shape index (κ1) is 3.40. The third-order valence-electron chi connectivity index (χ3n) is 0. The van der Waals surface area contributed by atoms with Gasteiger partial charge in [0.15, 0.2) is 0 Å². The van der Waals surface area contributed by atoms with Crippen molar-refractivity contribution in [1.29, 1.82) is 0 Å². The first-order valence-electron chi connectivity index (χ1n) is 0.617. The lowest BCUT2D eigenvalue weighted by atomic mass is 11.4. The van der Waals surface area contributed by atoms with Crippen LogP contribution in [0.2, 0.25) is 0 Å². The van der Waals surface area contributed by atoms with E-state index >= 15 is 0 Å². The molecule has 0 heterocycles. The number of halogens is 1. The van der Waals surface area contributed by atoms with Crippen molar-refractivity contribution in [2.24, 2.45) is 0 Å². The molecule has 0 atom stereocenters. The van der Waals surface area contributed by atoms with E-state index in [2.05, 4.69) is 0 Å². The van der Waals surface area contributed by atoms with Crippen molar-refractivity contribution in [3.63, 3.8) is 0 Å². The molecule has 0 saturated carbocycles. The van der Waals surface area contributed by atoms with E-state index in [1.807, 2.05) is 0 Å². The number of hydrogen-bond acceptors (Lipinski definition) is 1. The third-order valence-corrected chi connectivity index (χ3v) is 0. The average molecular weight is 61.0 g/mol. The highest BCUT2D eigenvalue weighted by molar-refractivity contribution is 5.61. The molecule has 0 spiro atoms. The van der Waals surface area contributed by atoms with Crippen LogP contribution in [0.5, 0.6) is 0 Å². The molecule has 0 unspecified atom stereocenters. The fourth-order valence-electron chi connectivity index (χ4n) is 0. The highest BCUT2D eigenvalue weighted by atomic mass is 19.1. The SMILES string of the molecule is [N]C(=O)F. The van der Waals surface area contributed by atoms with E-state index in [1.165, 1.54) is 0 Å². The van der Waals surface area contributed by atoms with E-state index in [9.17, 15) is 4.39 Å². The van der Waals surface area contributed by atoms with Gasteiger partial charge in [0.2, 0.25) is 0 Å². The molecule has 0 aliphatic heterocycles. The molecule has 0 aliphatic rings. The molecular formula is CFNO. The van der Waals surface area contributed by atoms with E-state index < -0.39 is 6.16 Å². The maximum absolute atomic E-state index is 9.92. The van der Waals surface area contributed by atoms with Gasteiger partial charge < -0.3 is 0 Å². The Kier molecular flexibility index (Phi) is 0.694. The zero-order valence-electron chi connectivity index (χ0n) is 1.73. The van der Waals surface area contributed by atoms with Gasteiger partial charge in [-0.25, -0.2) is 4.79 Å². The fraction of sp³-hybridized carbons (Fsp3) is 0. The summed E-state index contributed by atoms with van der Waals surface area (Å²) in [5.74, 6) is 0. The molecule has 0 aromatic carbocycles. The Hall–Kier alpha value is -0.600. The minimum absolute atomic E-state index is 2.33. The van der Waals surface area contributed by atoms with Crippen molar-refractivity contribution in [3.05, 3.63) is 0 Å². The van der Waals surface area contributed by atoms with E-state index in [0.29, 0.717) is 0 Å². The van der Waals surface area contributed by atoms with Gasteiger partial charge >= 0.3 is 6.16 Å². The Morgan fingerprint density at radius 3 is 2.00 bits per heavy atom. The fourth-order valence-corrected chi connectivity index (χ4v) is 0. The van der Waals surface area contributed by atoms with E-state index in [-0.39, 0.29) is 0 Å². The Labute approximate surface area is 22.4 Å². The second-order valence-corrected chi connectivity index (χ2v) is 0.253. The zero-order valence-corrected chi connectivity index (χ0v) is 1.73. The van der Waals surface area contributed by atoms with Crippen LogP contribution in [-0.2, 0) is 0 Å². The molecule has 3 heteroatoms. The Balaban J connectivity index is 2.80. The standard InChI is InChI=1S/CFNO/c2-1(3)4. The van der Waals surface area contributed by atoms with Crippen molar-refractivity contribution in [2.75, 3.05) is 0 Å². The van der Waals surface area contributed by atoms with Crippen LogP contribution in [0.1, 0.15) is 0 Å². The van der Waals surface area contributed by atoms with Gasteiger partial charge in [-0.05, 0) is 0 Å². The molecule has 2 nitrogen and oxygen atoms in total. The molecule has 22 valence electrons. The van der Waals surface area contributed by atoms with Crippen LogP contribution in [0.3, 0.4) is 0 Å². The summed E-state index contributed by atoms with van der Waals surface area (Å²) in [5, 5.41) is 0. The van der Waals surface area contributed by atoms with E-state index in [4.69, 9.17) is 10.5 Å². The molecule has 0 bridgehead atoms. The minimum atomic E-state index is -2.33. The number of carbonyl (C=O) groups is 1. The number of nitrogens with zero attached hydrogens (tertiary/aromatic N) is 1. The molecule has 0 saturated heterocycles. The predicted molar refractivity (Wildman–Crippen MR) is 8.64 cm³/mol. The van der Waals surface area contributed by atoms with Crippen LogP contribution >= 0.6 is 0 Å². The molecule has 0 fully saturated rings. The predicted octanol–water partition coefficient (Wildman–Crippen LogP) is 0.145.